The van der Waals surface area contributed by atoms with Crippen molar-refractivity contribution in [3.8, 4) is 0 Å². The largest absolute Gasteiger partial charge is 0.350 e. The Kier molecular flexibility index (Phi) is 7.73. The molecule has 1 N–H and O–H groups in total. The Hall–Kier alpha value is -0.730. The monoisotopic (exact) mass is 462 g/mol. The van der Waals surface area contributed by atoms with Gasteiger partial charge < -0.3 is 9.42 Å². The van der Waals surface area contributed by atoms with E-state index in [9.17, 15) is 4.89 Å². The molecule has 0 heterocycles. The number of hydrogen-bond acceptors (Lipinski definition) is 2. The van der Waals surface area contributed by atoms with Gasteiger partial charge in [0.2, 0.25) is 0 Å². The van der Waals surface area contributed by atoms with E-state index in [1.54, 1.807) is 0 Å². The van der Waals surface area contributed by atoms with Crippen LogP contribution in [0.2, 0.25) is 0 Å². The Morgan fingerprint density at radius 3 is 2.46 bits per heavy atom. The standard InChI is InChI=1S/C24H32BrO2P/c1-18-13-14-21(24(2,3)20-10-5-4-6-11-20)23(17-18)27-28(26)16-15-19-9-7-8-12-22(19)25/h4-12,18,21,23,26H,13-17H2,1-3H3/t18-,21-,23-,28?/m1/s1. The highest BCUT2D eigenvalue weighted by Gasteiger charge is 2.41. The van der Waals surface area contributed by atoms with Gasteiger partial charge in [0.05, 0.1) is 6.10 Å². The first-order chi connectivity index (χ1) is 13.4. The second kappa shape index (κ2) is 9.85. The summed E-state index contributed by atoms with van der Waals surface area (Å²) in [4.78, 5) is 10.7. The molecule has 1 unspecified atom stereocenters. The minimum absolute atomic E-state index is 0.0324. The molecular formula is C24H32BrO2P. The van der Waals surface area contributed by atoms with Crippen molar-refractivity contribution >= 4 is 24.3 Å². The molecule has 2 nitrogen and oxygen atoms in total. The Morgan fingerprint density at radius 1 is 1.07 bits per heavy atom. The zero-order valence-corrected chi connectivity index (χ0v) is 19.6. The molecule has 1 fully saturated rings. The van der Waals surface area contributed by atoms with Crippen LogP contribution in [0.3, 0.4) is 0 Å². The summed E-state index contributed by atoms with van der Waals surface area (Å²) >= 11 is 3.60. The van der Waals surface area contributed by atoms with Crippen molar-refractivity contribution in [1.29, 1.82) is 0 Å². The fourth-order valence-corrected chi connectivity index (χ4v) is 6.04. The van der Waals surface area contributed by atoms with E-state index in [4.69, 9.17) is 4.52 Å². The average Bonchev–Trinajstić information content (AvgIpc) is 2.68. The Bertz CT molecular complexity index is 749. The molecule has 0 saturated heterocycles. The van der Waals surface area contributed by atoms with Gasteiger partial charge in [-0.3, -0.25) is 0 Å². The number of hydrogen-bond donors (Lipinski definition) is 1. The third kappa shape index (κ3) is 5.45. The minimum Gasteiger partial charge on any atom is -0.350 e. The fraction of sp³-hybridized carbons (Fsp3) is 0.500. The van der Waals surface area contributed by atoms with Crippen LogP contribution >= 0.6 is 24.3 Å². The molecule has 0 amide bonds. The number of rotatable bonds is 7. The molecule has 1 aliphatic rings. The van der Waals surface area contributed by atoms with Gasteiger partial charge >= 0.3 is 0 Å². The second-order valence-electron chi connectivity index (χ2n) is 8.67. The molecule has 4 heteroatoms. The number of halogens is 1. The summed E-state index contributed by atoms with van der Waals surface area (Å²) in [5.41, 5.74) is 2.62. The molecule has 1 saturated carbocycles. The van der Waals surface area contributed by atoms with E-state index < -0.39 is 8.38 Å². The highest BCUT2D eigenvalue weighted by molar-refractivity contribution is 9.10. The maximum atomic E-state index is 10.7. The van der Waals surface area contributed by atoms with Crippen molar-refractivity contribution < 1.29 is 9.42 Å². The highest BCUT2D eigenvalue weighted by Crippen LogP contribution is 2.48. The lowest BCUT2D eigenvalue weighted by Crippen LogP contribution is -2.42. The Morgan fingerprint density at radius 2 is 1.75 bits per heavy atom. The summed E-state index contributed by atoms with van der Waals surface area (Å²) < 4.78 is 7.45. The zero-order chi connectivity index (χ0) is 20.1. The number of aryl methyl sites for hydroxylation is 1. The summed E-state index contributed by atoms with van der Waals surface area (Å²) in [5.74, 6) is 1.08. The molecule has 0 bridgehead atoms. The van der Waals surface area contributed by atoms with Gasteiger partial charge in [0, 0.05) is 10.6 Å². The van der Waals surface area contributed by atoms with Gasteiger partial charge in [0.15, 0.2) is 8.38 Å². The van der Waals surface area contributed by atoms with E-state index in [0.29, 0.717) is 18.0 Å². The molecule has 1 aliphatic carbocycles. The predicted octanol–water partition coefficient (Wildman–Crippen LogP) is 7.10. The fourth-order valence-electron chi connectivity index (χ4n) is 4.48. The van der Waals surface area contributed by atoms with Gasteiger partial charge in [0.1, 0.15) is 0 Å². The van der Waals surface area contributed by atoms with Gasteiger partial charge in [-0.15, -0.1) is 0 Å². The van der Waals surface area contributed by atoms with Crippen LogP contribution in [0.1, 0.15) is 51.2 Å². The lowest BCUT2D eigenvalue weighted by Gasteiger charge is -2.44. The van der Waals surface area contributed by atoms with Gasteiger partial charge in [-0.2, -0.15) is 0 Å². The van der Waals surface area contributed by atoms with Crippen LogP contribution in [-0.2, 0) is 16.4 Å². The van der Waals surface area contributed by atoms with Crippen LogP contribution < -0.4 is 0 Å². The van der Waals surface area contributed by atoms with E-state index in [1.165, 1.54) is 17.5 Å². The SMILES string of the molecule is C[C@@H]1CC[C@@H](C(C)(C)c2ccccc2)[C@H](OP(O)CCc2ccccc2Br)C1. The van der Waals surface area contributed by atoms with Crippen molar-refractivity contribution in [3.05, 3.63) is 70.2 Å². The lowest BCUT2D eigenvalue weighted by molar-refractivity contribution is 0.0342. The van der Waals surface area contributed by atoms with Crippen LogP contribution in [0.5, 0.6) is 0 Å². The molecule has 0 aromatic heterocycles. The highest BCUT2D eigenvalue weighted by atomic mass is 79.9. The van der Waals surface area contributed by atoms with Gasteiger partial charge in [-0.25, -0.2) is 0 Å². The van der Waals surface area contributed by atoms with Crippen molar-refractivity contribution in [3.63, 3.8) is 0 Å². The smallest absolute Gasteiger partial charge is 0.168 e. The Balaban J connectivity index is 1.67. The minimum atomic E-state index is -1.42. The third-order valence-electron chi connectivity index (χ3n) is 6.29. The maximum absolute atomic E-state index is 10.7. The molecular weight excluding hydrogens is 431 g/mol. The molecule has 3 rings (SSSR count). The molecule has 0 radical (unpaired) electrons. The van der Waals surface area contributed by atoms with Crippen LogP contribution in [0, 0.1) is 11.8 Å². The van der Waals surface area contributed by atoms with Gasteiger partial charge in [-0.1, -0.05) is 91.7 Å². The van der Waals surface area contributed by atoms with Gasteiger partial charge in [0.25, 0.3) is 0 Å². The molecule has 0 aliphatic heterocycles. The Labute approximate surface area is 179 Å². The first-order valence-electron chi connectivity index (χ1n) is 10.3. The van der Waals surface area contributed by atoms with Crippen molar-refractivity contribution in [1.82, 2.24) is 0 Å². The van der Waals surface area contributed by atoms with Crippen molar-refractivity contribution in [2.24, 2.45) is 11.8 Å². The lowest BCUT2D eigenvalue weighted by atomic mass is 9.64. The van der Waals surface area contributed by atoms with E-state index in [2.05, 4.69) is 79.2 Å². The first-order valence-corrected chi connectivity index (χ1v) is 12.5. The zero-order valence-electron chi connectivity index (χ0n) is 17.1. The first kappa shape index (κ1) is 22.0. The van der Waals surface area contributed by atoms with Crippen LogP contribution in [-0.4, -0.2) is 17.2 Å². The number of benzene rings is 2. The van der Waals surface area contributed by atoms with E-state index >= 15 is 0 Å². The average molecular weight is 463 g/mol. The summed E-state index contributed by atoms with van der Waals surface area (Å²) in [6.45, 7) is 6.98. The molecule has 28 heavy (non-hydrogen) atoms. The summed E-state index contributed by atoms with van der Waals surface area (Å²) in [6.07, 6.45) is 5.06. The molecule has 2 aromatic carbocycles. The summed E-state index contributed by atoms with van der Waals surface area (Å²) in [5, 5.41) is 0. The molecule has 2 aromatic rings. The van der Waals surface area contributed by atoms with E-state index in [-0.39, 0.29) is 11.5 Å². The third-order valence-corrected chi connectivity index (χ3v) is 8.18. The topological polar surface area (TPSA) is 29.5 Å². The summed E-state index contributed by atoms with van der Waals surface area (Å²) in [7, 11) is -1.42. The van der Waals surface area contributed by atoms with Crippen LogP contribution in [0.25, 0.3) is 0 Å². The van der Waals surface area contributed by atoms with Gasteiger partial charge in [-0.05, 0) is 53.7 Å². The molecule has 4 atom stereocenters. The van der Waals surface area contributed by atoms with E-state index in [1.807, 2.05) is 12.1 Å². The molecule has 0 spiro atoms. The predicted molar refractivity (Wildman–Crippen MR) is 123 cm³/mol. The van der Waals surface area contributed by atoms with E-state index in [0.717, 1.165) is 23.7 Å². The van der Waals surface area contributed by atoms with Crippen LogP contribution in [0.15, 0.2) is 59.1 Å². The van der Waals surface area contributed by atoms with Crippen LogP contribution in [0.4, 0.5) is 0 Å². The summed E-state index contributed by atoms with van der Waals surface area (Å²) in [6, 6.07) is 19.0. The molecule has 152 valence electrons. The quantitative estimate of drug-likeness (QED) is 0.444. The maximum Gasteiger partial charge on any atom is 0.168 e. The second-order valence-corrected chi connectivity index (χ2v) is 10.9. The van der Waals surface area contributed by atoms with Crippen molar-refractivity contribution in [2.45, 2.75) is 58.0 Å². The van der Waals surface area contributed by atoms with Crippen molar-refractivity contribution in [2.75, 3.05) is 6.16 Å². The normalized spacial score (nSPS) is 24.1.